The van der Waals surface area contributed by atoms with Crippen molar-refractivity contribution >= 4 is 15.8 Å². The zero-order valence-corrected chi connectivity index (χ0v) is 14.2. The fraction of sp³-hybridized carbons (Fsp3) is 0.600. The first-order valence-corrected chi connectivity index (χ1v) is 9.16. The second-order valence-electron chi connectivity index (χ2n) is 5.99. The highest BCUT2D eigenvalue weighted by atomic mass is 32.2. The van der Waals surface area contributed by atoms with Crippen LogP contribution in [0.15, 0.2) is 29.4 Å². The van der Waals surface area contributed by atoms with Crippen LogP contribution in [0.2, 0.25) is 0 Å². The summed E-state index contributed by atoms with van der Waals surface area (Å²) in [7, 11) is -3.05. The highest BCUT2D eigenvalue weighted by Crippen LogP contribution is 2.23. The summed E-state index contributed by atoms with van der Waals surface area (Å²) in [4.78, 5) is 10.9. The van der Waals surface area contributed by atoms with E-state index in [-0.39, 0.29) is 5.75 Å². The molecule has 0 aliphatic carbocycles. The Morgan fingerprint density at radius 3 is 2.82 bits per heavy atom. The molecule has 0 bridgehead atoms. The Kier molecular flexibility index (Phi) is 5.05. The van der Waals surface area contributed by atoms with E-state index < -0.39 is 14.6 Å². The monoisotopic (exact) mass is 324 g/mol. The van der Waals surface area contributed by atoms with Crippen molar-refractivity contribution in [2.45, 2.75) is 32.1 Å². The normalized spacial score (nSPS) is 20.7. The number of nitrogens with zero attached hydrogens (tertiary/aromatic N) is 3. The van der Waals surface area contributed by atoms with E-state index in [1.807, 2.05) is 30.0 Å². The summed E-state index contributed by atoms with van der Waals surface area (Å²) in [6.45, 7) is 7.69. The van der Waals surface area contributed by atoms with Gasteiger partial charge in [0.2, 0.25) is 0 Å². The summed E-state index contributed by atoms with van der Waals surface area (Å²) in [5.41, 5.74) is 0.891. The van der Waals surface area contributed by atoms with Crippen molar-refractivity contribution < 1.29 is 8.42 Å². The molecule has 1 aliphatic heterocycles. The Morgan fingerprint density at radius 1 is 1.45 bits per heavy atom. The minimum atomic E-state index is -3.05. The molecule has 22 heavy (non-hydrogen) atoms. The van der Waals surface area contributed by atoms with E-state index >= 15 is 0 Å². The van der Waals surface area contributed by atoms with Crippen molar-refractivity contribution in [1.82, 2.24) is 15.2 Å². The van der Waals surface area contributed by atoms with Crippen LogP contribution in [0.3, 0.4) is 0 Å². The van der Waals surface area contributed by atoms with Crippen molar-refractivity contribution in [3.8, 4) is 0 Å². The number of aromatic nitrogens is 1. The summed E-state index contributed by atoms with van der Waals surface area (Å²) < 4.78 is 23.5. The van der Waals surface area contributed by atoms with Crippen molar-refractivity contribution in [2.75, 3.05) is 25.4 Å². The molecule has 0 unspecified atom stereocenters. The van der Waals surface area contributed by atoms with Crippen LogP contribution >= 0.6 is 0 Å². The molecule has 0 spiro atoms. The van der Waals surface area contributed by atoms with Gasteiger partial charge in [-0.05, 0) is 32.9 Å². The molecule has 6 nitrogen and oxygen atoms in total. The minimum absolute atomic E-state index is 0.161. The molecular formula is C15H24N4O2S. The van der Waals surface area contributed by atoms with Crippen LogP contribution in [0.5, 0.6) is 0 Å². The number of pyridine rings is 1. The maximum atomic E-state index is 12.1. The quantitative estimate of drug-likeness (QED) is 0.665. The Bertz CT molecular complexity index is 626. The lowest BCUT2D eigenvalue weighted by atomic mass is 10.2. The fourth-order valence-corrected chi connectivity index (χ4v) is 3.76. The predicted octanol–water partition coefficient (Wildman–Crippen LogP) is 1.06. The van der Waals surface area contributed by atoms with E-state index in [4.69, 9.17) is 0 Å². The molecule has 1 aliphatic rings. The lowest BCUT2D eigenvalue weighted by Crippen LogP contribution is -2.57. The maximum Gasteiger partial charge on any atom is 0.194 e. The van der Waals surface area contributed by atoms with Gasteiger partial charge in [-0.2, -0.15) is 0 Å². The molecule has 0 saturated carbocycles. The largest absolute Gasteiger partial charge is 0.357 e. The van der Waals surface area contributed by atoms with E-state index in [0.29, 0.717) is 19.6 Å². The molecule has 2 heterocycles. The SMILES string of the molecule is CCNC(=NCc1ccccn1)N1CCS(=O)(=O)C(C)(C)C1. The number of guanidine groups is 1. The molecular weight excluding hydrogens is 300 g/mol. The molecule has 1 aromatic heterocycles. The number of sulfone groups is 1. The molecule has 2 rings (SSSR count). The van der Waals surface area contributed by atoms with Crippen LogP contribution in [0.25, 0.3) is 0 Å². The van der Waals surface area contributed by atoms with Crippen LogP contribution in [-0.2, 0) is 16.4 Å². The molecule has 1 aromatic rings. The molecule has 1 fully saturated rings. The fourth-order valence-electron chi connectivity index (χ4n) is 2.40. The Hall–Kier alpha value is -1.63. The number of hydrogen-bond donors (Lipinski definition) is 1. The average molecular weight is 324 g/mol. The molecule has 0 amide bonds. The zero-order valence-electron chi connectivity index (χ0n) is 13.4. The van der Waals surface area contributed by atoms with E-state index in [0.717, 1.165) is 18.2 Å². The number of hydrogen-bond acceptors (Lipinski definition) is 4. The summed E-state index contributed by atoms with van der Waals surface area (Å²) in [5.74, 6) is 0.907. The second-order valence-corrected chi connectivity index (χ2v) is 8.73. The molecule has 0 atom stereocenters. The summed E-state index contributed by atoms with van der Waals surface area (Å²) in [6.07, 6.45) is 1.74. The first kappa shape index (κ1) is 16.7. The first-order valence-electron chi connectivity index (χ1n) is 7.51. The average Bonchev–Trinajstić information content (AvgIpc) is 2.47. The molecule has 122 valence electrons. The molecule has 1 N–H and O–H groups in total. The lowest BCUT2D eigenvalue weighted by molar-refractivity contribution is 0.353. The van der Waals surface area contributed by atoms with Crippen LogP contribution in [0.1, 0.15) is 26.5 Å². The highest BCUT2D eigenvalue weighted by Gasteiger charge is 2.40. The van der Waals surface area contributed by atoms with E-state index in [1.54, 1.807) is 20.0 Å². The van der Waals surface area contributed by atoms with E-state index in [2.05, 4.69) is 15.3 Å². The van der Waals surface area contributed by atoms with Crippen molar-refractivity contribution in [2.24, 2.45) is 4.99 Å². The number of rotatable bonds is 3. The van der Waals surface area contributed by atoms with Gasteiger partial charge in [-0.3, -0.25) is 4.98 Å². The smallest absolute Gasteiger partial charge is 0.194 e. The summed E-state index contributed by atoms with van der Waals surface area (Å²) in [5, 5.41) is 3.24. The summed E-state index contributed by atoms with van der Waals surface area (Å²) in [6, 6.07) is 5.73. The van der Waals surface area contributed by atoms with Crippen LogP contribution in [-0.4, -0.2) is 54.4 Å². The van der Waals surface area contributed by atoms with Crippen LogP contribution in [0, 0.1) is 0 Å². The topological polar surface area (TPSA) is 74.7 Å². The van der Waals surface area contributed by atoms with Gasteiger partial charge in [0.1, 0.15) is 0 Å². The van der Waals surface area contributed by atoms with Crippen LogP contribution in [0.4, 0.5) is 0 Å². The van der Waals surface area contributed by atoms with E-state index in [1.165, 1.54) is 0 Å². The van der Waals surface area contributed by atoms with Crippen molar-refractivity contribution in [1.29, 1.82) is 0 Å². The van der Waals surface area contributed by atoms with Crippen LogP contribution < -0.4 is 5.32 Å². The molecule has 0 radical (unpaired) electrons. The van der Waals surface area contributed by atoms with Gasteiger partial charge in [-0.15, -0.1) is 0 Å². The number of aliphatic imine (C=N–C) groups is 1. The van der Waals surface area contributed by atoms with Gasteiger partial charge in [0.05, 0.1) is 22.7 Å². The first-order chi connectivity index (χ1) is 10.4. The van der Waals surface area contributed by atoms with Crippen molar-refractivity contribution in [3.63, 3.8) is 0 Å². The van der Waals surface area contributed by atoms with Gasteiger partial charge < -0.3 is 10.2 Å². The van der Waals surface area contributed by atoms with Gasteiger partial charge >= 0.3 is 0 Å². The van der Waals surface area contributed by atoms with Gasteiger partial charge in [0.25, 0.3) is 0 Å². The lowest BCUT2D eigenvalue weighted by Gasteiger charge is -2.39. The Balaban J connectivity index is 2.15. The maximum absolute atomic E-state index is 12.1. The molecule has 0 aromatic carbocycles. The Labute approximate surface area is 132 Å². The second kappa shape index (κ2) is 6.64. The molecule has 1 saturated heterocycles. The highest BCUT2D eigenvalue weighted by molar-refractivity contribution is 7.92. The van der Waals surface area contributed by atoms with Gasteiger partial charge in [0, 0.05) is 25.8 Å². The van der Waals surface area contributed by atoms with E-state index in [9.17, 15) is 8.42 Å². The standard InChI is InChI=1S/C15H24N4O2S/c1-4-16-14(18-11-13-7-5-6-8-17-13)19-9-10-22(20,21)15(2,3)12-19/h5-8H,4,9-12H2,1-3H3,(H,16,18). The van der Waals surface area contributed by atoms with Gasteiger partial charge in [-0.1, -0.05) is 6.07 Å². The minimum Gasteiger partial charge on any atom is -0.357 e. The van der Waals surface area contributed by atoms with Crippen molar-refractivity contribution in [3.05, 3.63) is 30.1 Å². The third-order valence-electron chi connectivity index (χ3n) is 3.79. The predicted molar refractivity (Wildman–Crippen MR) is 88.5 cm³/mol. The third-order valence-corrected chi connectivity index (χ3v) is 6.33. The number of nitrogens with one attached hydrogen (secondary N) is 1. The summed E-state index contributed by atoms with van der Waals surface area (Å²) >= 11 is 0. The molecule has 7 heteroatoms. The Morgan fingerprint density at radius 2 is 2.23 bits per heavy atom. The third kappa shape index (κ3) is 3.76. The van der Waals surface area contributed by atoms with Gasteiger partial charge in [0.15, 0.2) is 15.8 Å². The van der Waals surface area contributed by atoms with Gasteiger partial charge in [-0.25, -0.2) is 13.4 Å². The zero-order chi connectivity index (χ0) is 16.2.